The van der Waals surface area contributed by atoms with Gasteiger partial charge in [-0.15, -0.1) is 0 Å². The lowest BCUT2D eigenvalue weighted by atomic mass is 10.3. The van der Waals surface area contributed by atoms with E-state index in [2.05, 4.69) is 32.5 Å². The van der Waals surface area contributed by atoms with Gasteiger partial charge in [0, 0.05) is 4.75 Å². The second-order valence-corrected chi connectivity index (χ2v) is 4.85. The maximum Gasteiger partial charge on any atom is 0.0163 e. The summed E-state index contributed by atoms with van der Waals surface area (Å²) in [5, 5.41) is 0. The second-order valence-electron chi connectivity index (χ2n) is 3.05. The van der Waals surface area contributed by atoms with Crippen LogP contribution in [0.4, 0.5) is 0 Å². The largest absolute Gasteiger partial charge is 0.155 e. The van der Waals surface area contributed by atoms with E-state index in [1.54, 1.807) is 0 Å². The van der Waals surface area contributed by atoms with E-state index in [0.29, 0.717) is 4.75 Å². The molecule has 1 saturated carbocycles. The quantitative estimate of drug-likeness (QED) is 0.587. The fraction of sp³-hybridized carbons (Fsp3) is 1.00. The van der Waals surface area contributed by atoms with Crippen LogP contribution >= 0.6 is 11.8 Å². The smallest absolute Gasteiger partial charge is 0.0163 e. The van der Waals surface area contributed by atoms with E-state index in [4.69, 9.17) is 0 Å². The molecule has 0 saturated heterocycles. The van der Waals surface area contributed by atoms with Gasteiger partial charge in [0.1, 0.15) is 0 Å². The van der Waals surface area contributed by atoms with Crippen molar-refractivity contribution < 1.29 is 0 Å². The Morgan fingerprint density at radius 3 is 2.56 bits per heavy atom. The van der Waals surface area contributed by atoms with Crippen LogP contribution in [0.5, 0.6) is 0 Å². The summed E-state index contributed by atoms with van der Waals surface area (Å²) in [6, 6.07) is 0. The maximum atomic E-state index is 2.40. The van der Waals surface area contributed by atoms with E-state index >= 15 is 0 Å². The van der Waals surface area contributed by atoms with Crippen LogP contribution in [-0.4, -0.2) is 10.5 Å². The highest BCUT2D eigenvalue weighted by Gasteiger charge is 2.48. The normalized spacial score (nSPS) is 41.0. The van der Waals surface area contributed by atoms with Gasteiger partial charge >= 0.3 is 0 Å². The molecular weight excluding hydrogens is 128 g/mol. The third-order valence-electron chi connectivity index (χ3n) is 2.32. The highest BCUT2D eigenvalue weighted by atomic mass is 32.2. The molecule has 0 nitrogen and oxygen atoms in total. The zero-order valence-electron chi connectivity index (χ0n) is 6.61. The first-order valence-corrected chi connectivity index (χ1v) is 4.85. The van der Waals surface area contributed by atoms with Crippen LogP contribution in [-0.2, 0) is 0 Å². The molecule has 0 spiro atoms. The first-order valence-electron chi connectivity index (χ1n) is 3.87. The van der Waals surface area contributed by atoms with Gasteiger partial charge < -0.3 is 0 Å². The third-order valence-corrected chi connectivity index (χ3v) is 3.77. The van der Waals surface area contributed by atoms with Crippen molar-refractivity contribution in [2.75, 3.05) is 5.75 Å². The lowest BCUT2D eigenvalue weighted by molar-refractivity contribution is 0.749. The Kier molecular flexibility index (Phi) is 2.10. The van der Waals surface area contributed by atoms with Gasteiger partial charge in [0.05, 0.1) is 0 Å². The molecule has 0 radical (unpaired) electrons. The summed E-state index contributed by atoms with van der Waals surface area (Å²) in [5.74, 6) is 2.31. The Bertz CT molecular complexity index is 101. The number of rotatable bonds is 3. The minimum absolute atomic E-state index is 0.684. The van der Waals surface area contributed by atoms with Gasteiger partial charge in [-0.25, -0.2) is 0 Å². The Morgan fingerprint density at radius 1 is 1.56 bits per heavy atom. The molecule has 0 amide bonds. The highest BCUT2D eigenvalue weighted by Crippen LogP contribution is 2.55. The molecule has 1 aliphatic carbocycles. The molecule has 1 heteroatoms. The van der Waals surface area contributed by atoms with Crippen molar-refractivity contribution >= 4 is 11.8 Å². The van der Waals surface area contributed by atoms with Crippen molar-refractivity contribution in [3.05, 3.63) is 0 Å². The Balaban J connectivity index is 2.25. The van der Waals surface area contributed by atoms with Gasteiger partial charge in [-0.2, -0.15) is 11.8 Å². The lowest BCUT2D eigenvalue weighted by Crippen LogP contribution is -1.98. The first kappa shape index (κ1) is 7.46. The summed E-state index contributed by atoms with van der Waals surface area (Å²) in [6.45, 7) is 6.95. The van der Waals surface area contributed by atoms with Crippen molar-refractivity contribution in [3.8, 4) is 0 Å². The van der Waals surface area contributed by atoms with Gasteiger partial charge in [0.25, 0.3) is 0 Å². The number of hydrogen-bond acceptors (Lipinski definition) is 1. The number of hydrogen-bond donors (Lipinski definition) is 0. The van der Waals surface area contributed by atoms with E-state index in [0.717, 1.165) is 5.92 Å². The Morgan fingerprint density at radius 2 is 2.22 bits per heavy atom. The minimum atomic E-state index is 0.684. The molecule has 0 aromatic carbocycles. The van der Waals surface area contributed by atoms with E-state index in [1.165, 1.54) is 18.6 Å². The fourth-order valence-electron chi connectivity index (χ4n) is 1.51. The average molecular weight is 144 g/mol. The average Bonchev–Trinajstić information content (AvgIpc) is 2.43. The Labute approximate surface area is 62.4 Å². The van der Waals surface area contributed by atoms with Gasteiger partial charge in [-0.3, -0.25) is 0 Å². The summed E-state index contributed by atoms with van der Waals surface area (Å²) >= 11 is 2.13. The maximum absolute atomic E-state index is 2.40. The molecule has 1 aliphatic rings. The predicted molar refractivity (Wildman–Crippen MR) is 44.9 cm³/mol. The summed E-state index contributed by atoms with van der Waals surface area (Å²) in [6.07, 6.45) is 2.84. The van der Waals surface area contributed by atoms with Crippen LogP contribution < -0.4 is 0 Å². The fourth-order valence-corrected chi connectivity index (χ4v) is 2.89. The van der Waals surface area contributed by atoms with Crippen LogP contribution in [0.15, 0.2) is 0 Å². The molecule has 2 unspecified atom stereocenters. The van der Waals surface area contributed by atoms with Crippen molar-refractivity contribution in [3.63, 3.8) is 0 Å². The molecule has 54 valence electrons. The first-order chi connectivity index (χ1) is 4.23. The zero-order chi connectivity index (χ0) is 6.91. The van der Waals surface area contributed by atoms with Crippen LogP contribution in [0.25, 0.3) is 0 Å². The van der Waals surface area contributed by atoms with Gasteiger partial charge in [0.2, 0.25) is 0 Å². The molecule has 9 heavy (non-hydrogen) atoms. The molecule has 0 heterocycles. The molecular formula is C8H16S. The van der Waals surface area contributed by atoms with Gasteiger partial charge in [-0.05, 0) is 18.1 Å². The van der Waals surface area contributed by atoms with E-state index < -0.39 is 0 Å². The summed E-state index contributed by atoms with van der Waals surface area (Å²) in [7, 11) is 0. The SMILES string of the molecule is CCSC1(C)CC1CC. The van der Waals surface area contributed by atoms with Crippen LogP contribution in [0.3, 0.4) is 0 Å². The summed E-state index contributed by atoms with van der Waals surface area (Å²) in [5.41, 5.74) is 0. The topological polar surface area (TPSA) is 0 Å². The van der Waals surface area contributed by atoms with Crippen LogP contribution in [0.2, 0.25) is 0 Å². The van der Waals surface area contributed by atoms with E-state index in [9.17, 15) is 0 Å². The van der Waals surface area contributed by atoms with Gasteiger partial charge in [-0.1, -0.05) is 27.2 Å². The molecule has 0 aromatic rings. The molecule has 1 fully saturated rings. The zero-order valence-corrected chi connectivity index (χ0v) is 7.42. The third kappa shape index (κ3) is 1.43. The standard InChI is InChI=1S/C8H16S/c1-4-7-6-8(7,3)9-5-2/h7H,4-6H2,1-3H3. The number of thioether (sulfide) groups is 1. The summed E-state index contributed by atoms with van der Waals surface area (Å²) < 4.78 is 0.684. The molecule has 0 N–H and O–H groups in total. The molecule has 0 aliphatic heterocycles. The second kappa shape index (κ2) is 2.53. The lowest BCUT2D eigenvalue weighted by Gasteiger charge is -2.06. The highest BCUT2D eigenvalue weighted by molar-refractivity contribution is 8.00. The van der Waals surface area contributed by atoms with Crippen LogP contribution in [0, 0.1) is 5.92 Å². The van der Waals surface area contributed by atoms with E-state index in [1.807, 2.05) is 0 Å². The minimum Gasteiger partial charge on any atom is -0.155 e. The monoisotopic (exact) mass is 144 g/mol. The van der Waals surface area contributed by atoms with Crippen molar-refractivity contribution in [1.29, 1.82) is 0 Å². The molecule has 2 atom stereocenters. The van der Waals surface area contributed by atoms with Crippen molar-refractivity contribution in [2.24, 2.45) is 5.92 Å². The van der Waals surface area contributed by atoms with Crippen molar-refractivity contribution in [1.82, 2.24) is 0 Å². The van der Waals surface area contributed by atoms with Crippen molar-refractivity contribution in [2.45, 2.75) is 38.4 Å². The van der Waals surface area contributed by atoms with Gasteiger partial charge in [0.15, 0.2) is 0 Å². The molecule has 1 rings (SSSR count). The molecule has 0 bridgehead atoms. The predicted octanol–water partition coefficient (Wildman–Crippen LogP) is 2.93. The summed E-state index contributed by atoms with van der Waals surface area (Å²) in [4.78, 5) is 0. The van der Waals surface area contributed by atoms with E-state index in [-0.39, 0.29) is 0 Å². The van der Waals surface area contributed by atoms with Crippen LogP contribution in [0.1, 0.15) is 33.6 Å². The Hall–Kier alpha value is 0.350. The molecule has 0 aromatic heterocycles.